The van der Waals surface area contributed by atoms with Gasteiger partial charge in [0.2, 0.25) is 10.0 Å². The monoisotopic (exact) mass is 312 g/mol. The number of rotatable bonds is 7. The van der Waals surface area contributed by atoms with Crippen LogP contribution in [-0.4, -0.2) is 37.7 Å². The molecule has 0 aliphatic heterocycles. The standard InChI is InChI=1S/C13H16N2O5S/c16-12(17)7-14-13(18)10-3-5-11(6-4-10)15-21(19,20)8-9-1-2-9/h3-6,9,15H,1-2,7-8H2,(H,14,18)(H,16,17). The van der Waals surface area contributed by atoms with Crippen molar-refractivity contribution in [3.8, 4) is 0 Å². The summed E-state index contributed by atoms with van der Waals surface area (Å²) < 4.78 is 26.0. The van der Waals surface area contributed by atoms with Gasteiger partial charge in [0.25, 0.3) is 5.91 Å². The third kappa shape index (κ3) is 5.07. The third-order valence-electron chi connectivity index (χ3n) is 2.97. The van der Waals surface area contributed by atoms with Crippen LogP contribution in [0.2, 0.25) is 0 Å². The van der Waals surface area contributed by atoms with E-state index in [1.165, 1.54) is 24.3 Å². The van der Waals surface area contributed by atoms with Gasteiger partial charge in [-0.05, 0) is 43.0 Å². The lowest BCUT2D eigenvalue weighted by Gasteiger charge is -2.08. The minimum atomic E-state index is -3.35. The van der Waals surface area contributed by atoms with Crippen LogP contribution in [0, 0.1) is 5.92 Å². The molecule has 1 aliphatic carbocycles. The van der Waals surface area contributed by atoms with E-state index in [9.17, 15) is 18.0 Å². The van der Waals surface area contributed by atoms with Crippen LogP contribution in [0.4, 0.5) is 5.69 Å². The van der Waals surface area contributed by atoms with Crippen molar-refractivity contribution in [1.29, 1.82) is 0 Å². The molecule has 3 N–H and O–H groups in total. The highest BCUT2D eigenvalue weighted by Gasteiger charge is 2.27. The average Bonchev–Trinajstić information content (AvgIpc) is 3.19. The number of hydrogen-bond acceptors (Lipinski definition) is 4. The minimum absolute atomic E-state index is 0.119. The zero-order valence-corrected chi connectivity index (χ0v) is 12.0. The van der Waals surface area contributed by atoms with Crippen LogP contribution in [0.15, 0.2) is 24.3 Å². The van der Waals surface area contributed by atoms with E-state index in [2.05, 4.69) is 10.0 Å². The first kappa shape index (κ1) is 15.3. The van der Waals surface area contributed by atoms with Gasteiger partial charge >= 0.3 is 5.97 Å². The zero-order chi connectivity index (χ0) is 15.5. The summed E-state index contributed by atoms with van der Waals surface area (Å²) in [5, 5.41) is 10.7. The maximum Gasteiger partial charge on any atom is 0.322 e. The first-order valence-corrected chi connectivity index (χ1v) is 8.11. The van der Waals surface area contributed by atoms with Crippen molar-refractivity contribution in [1.82, 2.24) is 5.32 Å². The zero-order valence-electron chi connectivity index (χ0n) is 11.2. The summed E-state index contributed by atoms with van der Waals surface area (Å²) in [7, 11) is -3.35. The second kappa shape index (κ2) is 6.13. The van der Waals surface area contributed by atoms with Gasteiger partial charge in [-0.15, -0.1) is 0 Å². The fourth-order valence-electron chi connectivity index (χ4n) is 1.76. The topological polar surface area (TPSA) is 113 Å². The number of carbonyl (C=O) groups is 2. The Labute approximate surface area is 122 Å². The predicted octanol–water partition coefficient (Wildman–Crippen LogP) is 0.653. The highest BCUT2D eigenvalue weighted by Crippen LogP contribution is 2.30. The number of sulfonamides is 1. The van der Waals surface area contributed by atoms with Gasteiger partial charge in [-0.2, -0.15) is 0 Å². The molecule has 7 nitrogen and oxygen atoms in total. The number of carboxylic acid groups (broad SMARTS) is 1. The molecule has 21 heavy (non-hydrogen) atoms. The van der Waals surface area contributed by atoms with Crippen LogP contribution < -0.4 is 10.0 Å². The molecule has 0 unspecified atom stereocenters. The molecular weight excluding hydrogens is 296 g/mol. The first-order valence-electron chi connectivity index (χ1n) is 6.46. The Balaban J connectivity index is 1.94. The molecule has 8 heteroatoms. The summed E-state index contributed by atoms with van der Waals surface area (Å²) in [5.74, 6) is -1.28. The van der Waals surface area contributed by atoms with Gasteiger partial charge in [-0.1, -0.05) is 0 Å². The molecule has 0 heterocycles. The van der Waals surface area contributed by atoms with Crippen molar-refractivity contribution in [3.05, 3.63) is 29.8 Å². The largest absolute Gasteiger partial charge is 0.480 e. The van der Waals surface area contributed by atoms with E-state index >= 15 is 0 Å². The normalized spacial score (nSPS) is 14.5. The molecule has 0 atom stereocenters. The average molecular weight is 312 g/mol. The van der Waals surface area contributed by atoms with E-state index in [1.807, 2.05) is 0 Å². The fourth-order valence-corrected chi connectivity index (χ4v) is 3.30. The Bertz CT molecular complexity index is 635. The highest BCUT2D eigenvalue weighted by atomic mass is 32.2. The number of carboxylic acids is 1. The van der Waals surface area contributed by atoms with Crippen LogP contribution >= 0.6 is 0 Å². The number of amides is 1. The molecule has 1 aromatic rings. The molecule has 1 aliphatic rings. The van der Waals surface area contributed by atoms with Crippen molar-refractivity contribution in [3.63, 3.8) is 0 Å². The molecule has 1 amide bonds. The summed E-state index contributed by atoms with van der Waals surface area (Å²) in [6.07, 6.45) is 1.90. The molecule has 0 bridgehead atoms. The minimum Gasteiger partial charge on any atom is -0.480 e. The molecule has 1 saturated carbocycles. The lowest BCUT2D eigenvalue weighted by atomic mass is 10.2. The lowest BCUT2D eigenvalue weighted by Crippen LogP contribution is -2.29. The molecule has 1 aromatic carbocycles. The molecule has 0 saturated heterocycles. The van der Waals surface area contributed by atoms with E-state index in [4.69, 9.17) is 5.11 Å². The van der Waals surface area contributed by atoms with Crippen LogP contribution in [0.25, 0.3) is 0 Å². The third-order valence-corrected chi connectivity index (χ3v) is 4.43. The number of carbonyl (C=O) groups excluding carboxylic acids is 1. The first-order chi connectivity index (χ1) is 9.85. The number of nitrogens with one attached hydrogen (secondary N) is 2. The summed E-state index contributed by atoms with van der Waals surface area (Å²) in [5.41, 5.74) is 0.645. The highest BCUT2D eigenvalue weighted by molar-refractivity contribution is 7.92. The smallest absolute Gasteiger partial charge is 0.322 e. The fraction of sp³-hybridized carbons (Fsp3) is 0.385. The van der Waals surface area contributed by atoms with E-state index in [-0.39, 0.29) is 17.2 Å². The predicted molar refractivity (Wildman–Crippen MR) is 76.5 cm³/mol. The van der Waals surface area contributed by atoms with Crippen LogP contribution in [0.3, 0.4) is 0 Å². The summed E-state index contributed by atoms with van der Waals surface area (Å²) in [6, 6.07) is 5.82. The van der Waals surface area contributed by atoms with Gasteiger partial charge in [-0.25, -0.2) is 8.42 Å². The lowest BCUT2D eigenvalue weighted by molar-refractivity contribution is -0.135. The van der Waals surface area contributed by atoms with Crippen LogP contribution in [0.5, 0.6) is 0 Å². The SMILES string of the molecule is O=C(O)CNC(=O)c1ccc(NS(=O)(=O)CC2CC2)cc1. The second-order valence-corrected chi connectivity index (χ2v) is 6.75. The van der Waals surface area contributed by atoms with E-state index in [0.29, 0.717) is 5.69 Å². The van der Waals surface area contributed by atoms with Crippen molar-refractivity contribution in [2.24, 2.45) is 5.92 Å². The molecule has 2 rings (SSSR count). The van der Waals surface area contributed by atoms with Gasteiger partial charge in [0.1, 0.15) is 6.54 Å². The Morgan fingerprint density at radius 3 is 2.33 bits per heavy atom. The van der Waals surface area contributed by atoms with Gasteiger partial charge in [0, 0.05) is 11.3 Å². The maximum atomic E-state index is 11.8. The molecular formula is C13H16N2O5S. The second-order valence-electron chi connectivity index (χ2n) is 4.98. The number of hydrogen-bond donors (Lipinski definition) is 3. The Morgan fingerprint density at radius 2 is 1.81 bits per heavy atom. The molecule has 0 spiro atoms. The summed E-state index contributed by atoms with van der Waals surface area (Å²) in [4.78, 5) is 21.9. The number of anilines is 1. The Kier molecular flexibility index (Phi) is 4.46. The quantitative estimate of drug-likeness (QED) is 0.684. The van der Waals surface area contributed by atoms with E-state index < -0.39 is 28.4 Å². The van der Waals surface area contributed by atoms with Gasteiger partial charge in [0.15, 0.2) is 0 Å². The van der Waals surface area contributed by atoms with Gasteiger partial charge in [0.05, 0.1) is 5.75 Å². The van der Waals surface area contributed by atoms with Crippen LogP contribution in [0.1, 0.15) is 23.2 Å². The molecule has 114 valence electrons. The van der Waals surface area contributed by atoms with Crippen molar-refractivity contribution < 1.29 is 23.1 Å². The summed E-state index contributed by atoms with van der Waals surface area (Å²) >= 11 is 0. The Morgan fingerprint density at radius 1 is 1.19 bits per heavy atom. The number of benzene rings is 1. The van der Waals surface area contributed by atoms with Crippen molar-refractivity contribution >= 4 is 27.6 Å². The van der Waals surface area contributed by atoms with Crippen molar-refractivity contribution in [2.75, 3.05) is 17.0 Å². The van der Waals surface area contributed by atoms with E-state index in [0.717, 1.165) is 12.8 Å². The van der Waals surface area contributed by atoms with Gasteiger partial charge < -0.3 is 10.4 Å². The molecule has 1 fully saturated rings. The Hall–Kier alpha value is -2.09. The maximum absolute atomic E-state index is 11.8. The summed E-state index contributed by atoms with van der Waals surface area (Å²) in [6.45, 7) is -0.464. The number of aliphatic carboxylic acids is 1. The molecule has 0 aromatic heterocycles. The van der Waals surface area contributed by atoms with E-state index in [1.54, 1.807) is 0 Å². The van der Waals surface area contributed by atoms with Crippen molar-refractivity contribution in [2.45, 2.75) is 12.8 Å². The molecule has 0 radical (unpaired) electrons. The van der Waals surface area contributed by atoms with Crippen LogP contribution in [-0.2, 0) is 14.8 Å². The van der Waals surface area contributed by atoms with Gasteiger partial charge in [-0.3, -0.25) is 14.3 Å².